The molecule has 0 aromatic heterocycles. The maximum atomic E-state index is 11.7. The van der Waals surface area contributed by atoms with Crippen LogP contribution < -0.4 is 0 Å². The van der Waals surface area contributed by atoms with E-state index in [1.165, 1.54) is 0 Å². The fourth-order valence-electron chi connectivity index (χ4n) is 5.16. The van der Waals surface area contributed by atoms with E-state index in [1.807, 2.05) is 159 Å². The lowest BCUT2D eigenvalue weighted by Crippen LogP contribution is -2.34. The Hall–Kier alpha value is -3.18. The van der Waals surface area contributed by atoms with Gasteiger partial charge in [0.2, 0.25) is 0 Å². The molecule has 0 amide bonds. The van der Waals surface area contributed by atoms with Gasteiger partial charge in [-0.3, -0.25) is 28.8 Å². The van der Waals surface area contributed by atoms with Crippen molar-refractivity contribution in [2.24, 2.45) is 66.5 Å². The standard InChI is InChI=1S/C14H28O2.2C12H24O2.C11H22O2.C10H20O2.C9H18O2/c1-8-14(6,7)12(15)16-10-11(2)9-13(3,4)5;1-8-12(6,7)10(13)14-9(2)11(3,4)5;1-7-10(9(3)4)14-11(13)12(5,6)8-2;1-7-11(5,6)9(12)13-8-10(2,3)4;1-6-10(4,5)9(11)12-7-8(2)3;1-6-9(4,5)8(10)11-7(2)3/h11H,8-10H2,1-7H3;9H,8H2,1-7H3;9-10H,7-8H2,1-6H3;7-8H2,1-6H3;8H,6-7H2,1-5H3;7H,6H2,1-5H3. The molecule has 480 valence electrons. The molecule has 0 aromatic carbocycles. The van der Waals surface area contributed by atoms with Gasteiger partial charge in [-0.1, -0.05) is 145 Å². The van der Waals surface area contributed by atoms with Gasteiger partial charge in [-0.05, 0) is 189 Å². The first-order chi connectivity index (χ1) is 35.5. The van der Waals surface area contributed by atoms with E-state index < -0.39 is 0 Å². The van der Waals surface area contributed by atoms with Crippen LogP contribution in [0.4, 0.5) is 0 Å². The van der Waals surface area contributed by atoms with Crippen LogP contribution in [0.3, 0.4) is 0 Å². The molecule has 0 fully saturated rings. The second kappa shape index (κ2) is 39.4. The highest BCUT2D eigenvalue weighted by Gasteiger charge is 2.34. The third-order valence-electron chi connectivity index (χ3n) is 14.5. The van der Waals surface area contributed by atoms with E-state index in [0.717, 1.165) is 51.4 Å². The summed E-state index contributed by atoms with van der Waals surface area (Å²) in [5.74, 6) is 0.729. The van der Waals surface area contributed by atoms with Crippen molar-refractivity contribution in [2.45, 2.75) is 319 Å². The van der Waals surface area contributed by atoms with Crippen molar-refractivity contribution in [1.82, 2.24) is 0 Å². The molecule has 0 aliphatic rings. The minimum atomic E-state index is -0.362. The normalized spacial score (nSPS) is 13.5. The van der Waals surface area contributed by atoms with Crippen LogP contribution in [0, 0.1) is 66.5 Å². The average molecular weight is 1150 g/mol. The largest absolute Gasteiger partial charge is 0.465 e. The predicted octanol–water partition coefficient (Wildman–Crippen LogP) is 18.8. The monoisotopic (exact) mass is 1150 g/mol. The number of carbonyl (C=O) groups is 6. The molecule has 0 bridgehead atoms. The summed E-state index contributed by atoms with van der Waals surface area (Å²) in [5, 5.41) is 0. The zero-order valence-electron chi connectivity index (χ0n) is 59.6. The Morgan fingerprint density at radius 3 is 0.887 bits per heavy atom. The Balaban J connectivity index is -0.000000206. The van der Waals surface area contributed by atoms with Gasteiger partial charge in [0.1, 0.15) is 12.2 Å². The van der Waals surface area contributed by atoms with Crippen molar-refractivity contribution in [1.29, 1.82) is 0 Å². The molecule has 0 spiro atoms. The zero-order chi connectivity index (χ0) is 65.4. The van der Waals surface area contributed by atoms with Crippen LogP contribution in [-0.2, 0) is 57.2 Å². The number of rotatable bonds is 23. The van der Waals surface area contributed by atoms with Gasteiger partial charge in [0.25, 0.3) is 0 Å². The molecule has 0 aliphatic carbocycles. The Bertz CT molecular complexity index is 1680. The Labute approximate surface area is 496 Å². The summed E-state index contributed by atoms with van der Waals surface area (Å²) in [5.41, 5.74) is -1.68. The van der Waals surface area contributed by atoms with Crippen LogP contribution >= 0.6 is 0 Å². The van der Waals surface area contributed by atoms with Crippen LogP contribution in [0.1, 0.15) is 301 Å². The number of hydrogen-bond donors (Lipinski definition) is 0. The van der Waals surface area contributed by atoms with E-state index >= 15 is 0 Å². The molecule has 80 heavy (non-hydrogen) atoms. The molecule has 0 rings (SSSR count). The summed E-state index contributed by atoms with van der Waals surface area (Å²) in [4.78, 5) is 69.4. The maximum absolute atomic E-state index is 11.7. The molecule has 12 heteroatoms. The highest BCUT2D eigenvalue weighted by atomic mass is 16.6. The average Bonchev–Trinajstić information content (AvgIpc) is 3.32. The molecule has 0 saturated heterocycles. The smallest absolute Gasteiger partial charge is 0.311 e. The fourth-order valence-corrected chi connectivity index (χ4v) is 5.16. The molecule has 0 aromatic rings. The van der Waals surface area contributed by atoms with Gasteiger partial charge in [0.05, 0.1) is 58.4 Å². The molecule has 0 heterocycles. The second-order valence-electron chi connectivity index (χ2n) is 30.5. The summed E-state index contributed by atoms with van der Waals surface area (Å²) in [7, 11) is 0. The first kappa shape index (κ1) is 88.1. The number of hydrogen-bond acceptors (Lipinski definition) is 12. The van der Waals surface area contributed by atoms with Crippen LogP contribution in [-0.4, -0.2) is 73.9 Å². The van der Waals surface area contributed by atoms with Gasteiger partial charge >= 0.3 is 35.8 Å². The van der Waals surface area contributed by atoms with Gasteiger partial charge in [-0.25, -0.2) is 0 Å². The minimum absolute atomic E-state index is 0.00618. The van der Waals surface area contributed by atoms with Crippen molar-refractivity contribution >= 4 is 35.8 Å². The van der Waals surface area contributed by atoms with Crippen LogP contribution in [0.5, 0.6) is 0 Å². The molecule has 0 saturated carbocycles. The van der Waals surface area contributed by atoms with Crippen molar-refractivity contribution in [3.05, 3.63) is 0 Å². The van der Waals surface area contributed by atoms with Crippen molar-refractivity contribution in [3.8, 4) is 0 Å². The first-order valence-corrected chi connectivity index (χ1v) is 30.7. The SMILES string of the molecule is CCC(C)(C)C(=O)OC(C)C.CCC(C)(C)C(=O)OC(C)C(C)(C)C.CCC(C)(C)C(=O)OCC(C)(C)C.CCC(C)(C)C(=O)OCC(C)C.CCC(C)(C)C(=O)OCC(C)CC(C)(C)C.CCC(OC(=O)C(C)(C)CC)C(C)C. The van der Waals surface area contributed by atoms with Crippen LogP contribution in [0.25, 0.3) is 0 Å². The Morgan fingerprint density at radius 1 is 0.350 bits per heavy atom. The molecular formula is C68H136O12. The highest BCUT2D eigenvalue weighted by Crippen LogP contribution is 2.30. The van der Waals surface area contributed by atoms with E-state index in [2.05, 4.69) is 90.0 Å². The predicted molar refractivity (Wildman–Crippen MR) is 336 cm³/mol. The molecule has 3 unspecified atom stereocenters. The number of carbonyl (C=O) groups excluding carboxylic acids is 6. The molecule has 0 aliphatic heterocycles. The quantitative estimate of drug-likeness (QED) is 0.0705. The molecule has 0 N–H and O–H groups in total. The van der Waals surface area contributed by atoms with Crippen molar-refractivity contribution < 1.29 is 57.2 Å². The lowest BCUT2D eigenvalue weighted by molar-refractivity contribution is -0.164. The minimum Gasteiger partial charge on any atom is -0.465 e. The molecular weight excluding hydrogens is 1010 g/mol. The zero-order valence-corrected chi connectivity index (χ0v) is 59.6. The summed E-state index contributed by atoms with van der Waals surface area (Å²) < 4.78 is 31.7. The van der Waals surface area contributed by atoms with E-state index in [4.69, 9.17) is 28.4 Å². The number of ether oxygens (including phenoxy) is 6. The fraction of sp³-hybridized carbons (Fsp3) is 0.912. The van der Waals surface area contributed by atoms with Gasteiger partial charge < -0.3 is 28.4 Å². The van der Waals surface area contributed by atoms with E-state index in [0.29, 0.717) is 43.0 Å². The molecule has 3 atom stereocenters. The van der Waals surface area contributed by atoms with Crippen LogP contribution in [0.2, 0.25) is 0 Å². The van der Waals surface area contributed by atoms with Gasteiger partial charge in [-0.2, -0.15) is 0 Å². The summed E-state index contributed by atoms with van der Waals surface area (Å²) in [6.07, 6.45) is 6.89. The Morgan fingerprint density at radius 2 is 0.637 bits per heavy atom. The first-order valence-electron chi connectivity index (χ1n) is 30.7. The molecule has 12 nitrogen and oxygen atoms in total. The summed E-state index contributed by atoms with van der Waals surface area (Å²) >= 11 is 0. The lowest BCUT2D eigenvalue weighted by atomic mass is 9.86. The highest BCUT2D eigenvalue weighted by molar-refractivity contribution is 5.78. The van der Waals surface area contributed by atoms with Gasteiger partial charge in [-0.15, -0.1) is 0 Å². The van der Waals surface area contributed by atoms with E-state index in [9.17, 15) is 28.8 Å². The maximum Gasteiger partial charge on any atom is 0.311 e. The van der Waals surface area contributed by atoms with Crippen LogP contribution in [0.15, 0.2) is 0 Å². The lowest BCUT2D eigenvalue weighted by Gasteiger charge is -2.30. The second-order valence-corrected chi connectivity index (χ2v) is 30.5. The third kappa shape index (κ3) is 44.4. The third-order valence-corrected chi connectivity index (χ3v) is 14.5. The summed E-state index contributed by atoms with van der Waals surface area (Å²) in [6.45, 7) is 73.7. The van der Waals surface area contributed by atoms with Crippen molar-refractivity contribution in [2.75, 3.05) is 19.8 Å². The van der Waals surface area contributed by atoms with Gasteiger partial charge in [0, 0.05) is 0 Å². The topological polar surface area (TPSA) is 158 Å². The number of esters is 6. The van der Waals surface area contributed by atoms with Crippen molar-refractivity contribution in [3.63, 3.8) is 0 Å². The Kier molecular flexibility index (Phi) is 43.3. The summed E-state index contributed by atoms with van der Waals surface area (Å²) in [6, 6.07) is 0. The van der Waals surface area contributed by atoms with E-state index in [1.54, 1.807) is 0 Å². The van der Waals surface area contributed by atoms with Gasteiger partial charge in [0.15, 0.2) is 0 Å². The molecule has 0 radical (unpaired) electrons. The van der Waals surface area contributed by atoms with E-state index in [-0.39, 0.29) is 97.4 Å².